The maximum Gasteiger partial charge on any atom is 0.246 e. The lowest BCUT2D eigenvalue weighted by molar-refractivity contribution is -0.126. The highest BCUT2D eigenvalue weighted by atomic mass is 16.5. The highest BCUT2D eigenvalue weighted by Gasteiger charge is 2.15. The van der Waals surface area contributed by atoms with E-state index in [4.69, 9.17) is 4.74 Å². The third-order valence-corrected chi connectivity index (χ3v) is 3.22. The van der Waals surface area contributed by atoms with Crippen molar-refractivity contribution in [1.29, 1.82) is 0 Å². The van der Waals surface area contributed by atoms with Gasteiger partial charge in [-0.05, 0) is 25.8 Å². The first-order valence-corrected chi connectivity index (χ1v) is 7.29. The van der Waals surface area contributed by atoms with E-state index in [0.717, 1.165) is 25.8 Å². The quantitative estimate of drug-likeness (QED) is 0.652. The van der Waals surface area contributed by atoms with Crippen LogP contribution in [0.3, 0.4) is 0 Å². The van der Waals surface area contributed by atoms with Crippen LogP contribution in [0.15, 0.2) is 0 Å². The third-order valence-electron chi connectivity index (χ3n) is 3.22. The fraction of sp³-hybridized carbons (Fsp3) is 0.929. The average molecular weight is 256 g/mol. The summed E-state index contributed by atoms with van der Waals surface area (Å²) in [4.78, 5) is 11.6. The molecule has 0 saturated heterocycles. The van der Waals surface area contributed by atoms with Gasteiger partial charge >= 0.3 is 0 Å². The van der Waals surface area contributed by atoms with Gasteiger partial charge in [0.15, 0.2) is 0 Å². The number of ether oxygens (including phenoxy) is 1. The van der Waals surface area contributed by atoms with Crippen molar-refractivity contribution in [2.75, 3.05) is 19.8 Å². The van der Waals surface area contributed by atoms with Crippen LogP contribution in [0.5, 0.6) is 0 Å². The van der Waals surface area contributed by atoms with Gasteiger partial charge in [-0.1, -0.05) is 33.1 Å². The Kier molecular flexibility index (Phi) is 8.01. The van der Waals surface area contributed by atoms with Gasteiger partial charge in [0, 0.05) is 18.7 Å². The Morgan fingerprint density at radius 2 is 2.00 bits per heavy atom. The first-order valence-electron chi connectivity index (χ1n) is 7.29. The molecule has 0 bridgehead atoms. The van der Waals surface area contributed by atoms with Crippen molar-refractivity contribution in [2.45, 2.75) is 64.5 Å². The van der Waals surface area contributed by atoms with Gasteiger partial charge in [-0.15, -0.1) is 0 Å². The first-order chi connectivity index (χ1) is 8.68. The van der Waals surface area contributed by atoms with Crippen LogP contribution in [0, 0.1) is 0 Å². The van der Waals surface area contributed by atoms with Gasteiger partial charge in [0.1, 0.15) is 6.61 Å². The molecule has 0 heterocycles. The molecule has 0 radical (unpaired) electrons. The van der Waals surface area contributed by atoms with Crippen molar-refractivity contribution >= 4 is 5.91 Å². The van der Waals surface area contributed by atoms with Gasteiger partial charge in [0.05, 0.1) is 0 Å². The third kappa shape index (κ3) is 7.67. The number of hydrogen-bond donors (Lipinski definition) is 2. The molecule has 106 valence electrons. The summed E-state index contributed by atoms with van der Waals surface area (Å²) in [5.74, 6) is 0.0405. The minimum Gasteiger partial charge on any atom is -0.372 e. The van der Waals surface area contributed by atoms with E-state index < -0.39 is 0 Å². The Balaban J connectivity index is 1.93. The number of nitrogens with one attached hydrogen (secondary N) is 2. The number of rotatable bonds is 8. The summed E-state index contributed by atoms with van der Waals surface area (Å²) in [7, 11) is 0. The van der Waals surface area contributed by atoms with E-state index in [-0.39, 0.29) is 12.5 Å². The van der Waals surface area contributed by atoms with Crippen molar-refractivity contribution in [1.82, 2.24) is 10.6 Å². The van der Waals surface area contributed by atoms with Gasteiger partial charge in [0.2, 0.25) is 5.91 Å². The molecule has 0 aliphatic heterocycles. The van der Waals surface area contributed by atoms with Crippen LogP contribution in [0.2, 0.25) is 0 Å². The predicted octanol–water partition coefficient (Wildman–Crippen LogP) is 1.84. The molecular weight excluding hydrogens is 228 g/mol. The molecule has 0 unspecified atom stereocenters. The maximum absolute atomic E-state index is 11.6. The molecule has 1 saturated carbocycles. The SMILES string of the molecule is CC(C)NCCCOCC(=O)NC1CCCCC1. The first kappa shape index (κ1) is 15.4. The van der Waals surface area contributed by atoms with Crippen LogP contribution in [-0.4, -0.2) is 37.7 Å². The summed E-state index contributed by atoms with van der Waals surface area (Å²) >= 11 is 0. The summed E-state index contributed by atoms with van der Waals surface area (Å²) < 4.78 is 5.37. The van der Waals surface area contributed by atoms with E-state index in [2.05, 4.69) is 24.5 Å². The second-order valence-corrected chi connectivity index (χ2v) is 5.42. The molecular formula is C14H28N2O2. The van der Waals surface area contributed by atoms with Crippen molar-refractivity contribution in [3.05, 3.63) is 0 Å². The zero-order valence-corrected chi connectivity index (χ0v) is 11.8. The van der Waals surface area contributed by atoms with Gasteiger partial charge in [-0.3, -0.25) is 4.79 Å². The molecule has 1 aliphatic carbocycles. The summed E-state index contributed by atoms with van der Waals surface area (Å²) in [6.45, 7) is 6.05. The Bertz CT molecular complexity index is 226. The largest absolute Gasteiger partial charge is 0.372 e. The van der Waals surface area contributed by atoms with Crippen molar-refractivity contribution in [3.8, 4) is 0 Å². The minimum atomic E-state index is 0.0405. The lowest BCUT2D eigenvalue weighted by Crippen LogP contribution is -2.38. The van der Waals surface area contributed by atoms with E-state index in [1.807, 2.05) is 0 Å². The average Bonchev–Trinajstić information content (AvgIpc) is 2.34. The van der Waals surface area contributed by atoms with Crippen molar-refractivity contribution in [3.63, 3.8) is 0 Å². The van der Waals surface area contributed by atoms with Crippen LogP contribution in [0.25, 0.3) is 0 Å². The summed E-state index contributed by atoms with van der Waals surface area (Å²) in [5, 5.41) is 6.37. The van der Waals surface area contributed by atoms with Gasteiger partial charge in [-0.2, -0.15) is 0 Å². The lowest BCUT2D eigenvalue weighted by Gasteiger charge is -2.22. The second-order valence-electron chi connectivity index (χ2n) is 5.42. The fourth-order valence-electron chi connectivity index (χ4n) is 2.25. The van der Waals surface area contributed by atoms with E-state index in [1.165, 1.54) is 19.3 Å². The molecule has 2 N–H and O–H groups in total. The second kappa shape index (κ2) is 9.34. The Morgan fingerprint density at radius 3 is 2.67 bits per heavy atom. The fourth-order valence-corrected chi connectivity index (χ4v) is 2.25. The Morgan fingerprint density at radius 1 is 1.28 bits per heavy atom. The van der Waals surface area contributed by atoms with Crippen LogP contribution in [-0.2, 0) is 9.53 Å². The summed E-state index contributed by atoms with van der Waals surface area (Å²) in [6.07, 6.45) is 7.01. The number of hydrogen-bond acceptors (Lipinski definition) is 3. The zero-order chi connectivity index (χ0) is 13.2. The van der Waals surface area contributed by atoms with Crippen LogP contribution in [0.4, 0.5) is 0 Å². The molecule has 0 aromatic carbocycles. The lowest BCUT2D eigenvalue weighted by atomic mass is 9.95. The molecule has 0 aromatic heterocycles. The molecule has 1 rings (SSSR count). The van der Waals surface area contributed by atoms with E-state index >= 15 is 0 Å². The molecule has 1 amide bonds. The zero-order valence-electron chi connectivity index (χ0n) is 11.8. The van der Waals surface area contributed by atoms with E-state index in [9.17, 15) is 4.79 Å². The minimum absolute atomic E-state index is 0.0405. The normalized spacial score (nSPS) is 17.1. The van der Waals surface area contributed by atoms with Crippen molar-refractivity contribution in [2.24, 2.45) is 0 Å². The topological polar surface area (TPSA) is 50.4 Å². The smallest absolute Gasteiger partial charge is 0.246 e. The molecule has 4 heteroatoms. The monoisotopic (exact) mass is 256 g/mol. The summed E-state index contributed by atoms with van der Waals surface area (Å²) in [5.41, 5.74) is 0. The molecule has 1 aliphatic rings. The maximum atomic E-state index is 11.6. The number of carbonyl (C=O) groups is 1. The standard InChI is InChI=1S/C14H28N2O2/c1-12(2)15-9-6-10-18-11-14(17)16-13-7-4-3-5-8-13/h12-13,15H,3-11H2,1-2H3,(H,16,17). The highest BCUT2D eigenvalue weighted by Crippen LogP contribution is 2.17. The van der Waals surface area contributed by atoms with E-state index in [0.29, 0.717) is 18.7 Å². The van der Waals surface area contributed by atoms with Gasteiger partial charge < -0.3 is 15.4 Å². The van der Waals surface area contributed by atoms with Crippen molar-refractivity contribution < 1.29 is 9.53 Å². The number of carbonyl (C=O) groups excluding carboxylic acids is 1. The molecule has 0 aromatic rings. The van der Waals surface area contributed by atoms with Gasteiger partial charge in [-0.25, -0.2) is 0 Å². The predicted molar refractivity (Wildman–Crippen MR) is 73.6 cm³/mol. The molecule has 4 nitrogen and oxygen atoms in total. The molecule has 1 fully saturated rings. The highest BCUT2D eigenvalue weighted by molar-refractivity contribution is 5.77. The molecule has 0 spiro atoms. The van der Waals surface area contributed by atoms with Gasteiger partial charge in [0.25, 0.3) is 0 Å². The van der Waals surface area contributed by atoms with Crippen LogP contribution >= 0.6 is 0 Å². The van der Waals surface area contributed by atoms with Crippen LogP contribution < -0.4 is 10.6 Å². The number of amides is 1. The summed E-state index contributed by atoms with van der Waals surface area (Å²) in [6, 6.07) is 0.900. The van der Waals surface area contributed by atoms with E-state index in [1.54, 1.807) is 0 Å². The van der Waals surface area contributed by atoms with Crippen LogP contribution in [0.1, 0.15) is 52.4 Å². The Labute approximate surface area is 111 Å². The molecule has 18 heavy (non-hydrogen) atoms. The Hall–Kier alpha value is -0.610. The molecule has 0 atom stereocenters.